The van der Waals surface area contributed by atoms with Crippen LogP contribution in [0.5, 0.6) is 0 Å². The van der Waals surface area contributed by atoms with Gasteiger partial charge in [-0.15, -0.1) is 0 Å². The number of hydrogen-bond acceptors (Lipinski definition) is 5. The summed E-state index contributed by atoms with van der Waals surface area (Å²) in [4.78, 5) is 19.9. The molecule has 0 radical (unpaired) electrons. The first-order valence-corrected chi connectivity index (χ1v) is 6.13. The van der Waals surface area contributed by atoms with Gasteiger partial charge in [-0.1, -0.05) is 12.1 Å². The number of hydrogen-bond donors (Lipinski definition) is 2. The van der Waals surface area contributed by atoms with Gasteiger partial charge in [0.1, 0.15) is 11.2 Å². The van der Waals surface area contributed by atoms with Crippen molar-refractivity contribution in [1.82, 2.24) is 24.9 Å². The molecule has 1 aromatic carbocycles. The van der Waals surface area contributed by atoms with E-state index in [1.54, 1.807) is 12.5 Å². The molecule has 4 rings (SSSR count). The highest BCUT2D eigenvalue weighted by molar-refractivity contribution is 5.91. The van der Waals surface area contributed by atoms with Crippen LogP contribution in [-0.2, 0) is 0 Å². The average Bonchev–Trinajstić information content (AvgIpc) is 2.94. The van der Waals surface area contributed by atoms with Crippen LogP contribution in [0.2, 0.25) is 0 Å². The smallest absolute Gasteiger partial charge is 0.222 e. The van der Waals surface area contributed by atoms with E-state index in [0.717, 1.165) is 27.7 Å². The zero-order chi connectivity index (χ0) is 13.5. The number of benzene rings is 1. The molecule has 0 saturated heterocycles. The van der Waals surface area contributed by atoms with Crippen LogP contribution in [0.15, 0.2) is 42.9 Å². The van der Waals surface area contributed by atoms with E-state index < -0.39 is 0 Å². The summed E-state index contributed by atoms with van der Waals surface area (Å²) in [5.74, 6) is 0.214. The van der Waals surface area contributed by atoms with E-state index >= 15 is 0 Å². The van der Waals surface area contributed by atoms with E-state index in [-0.39, 0.29) is 5.95 Å². The molecule has 0 aliphatic heterocycles. The Bertz CT molecular complexity index is 927. The van der Waals surface area contributed by atoms with Crippen LogP contribution in [0.25, 0.3) is 33.3 Å². The molecule has 3 aromatic heterocycles. The first kappa shape index (κ1) is 10.9. The summed E-state index contributed by atoms with van der Waals surface area (Å²) in [5, 5.41) is 1.05. The van der Waals surface area contributed by atoms with Crippen molar-refractivity contribution in [3.63, 3.8) is 0 Å². The number of anilines is 1. The van der Waals surface area contributed by atoms with Crippen molar-refractivity contribution in [2.24, 2.45) is 0 Å². The summed E-state index contributed by atoms with van der Waals surface area (Å²) in [6.45, 7) is 0. The van der Waals surface area contributed by atoms with E-state index in [0.29, 0.717) is 5.65 Å². The minimum absolute atomic E-state index is 0.214. The van der Waals surface area contributed by atoms with E-state index in [2.05, 4.69) is 24.9 Å². The molecule has 0 unspecified atom stereocenters. The molecule has 0 aliphatic carbocycles. The predicted octanol–water partition coefficient (Wildman–Crippen LogP) is 2.15. The Hall–Kier alpha value is -3.02. The number of imidazole rings is 1. The van der Waals surface area contributed by atoms with Gasteiger partial charge < -0.3 is 10.7 Å². The van der Waals surface area contributed by atoms with Crippen LogP contribution in [0.1, 0.15) is 0 Å². The fraction of sp³-hybridized carbons (Fsp3) is 0. The molecule has 20 heavy (non-hydrogen) atoms. The molecule has 0 spiro atoms. The Morgan fingerprint density at radius 1 is 1.05 bits per heavy atom. The number of aromatic amines is 1. The van der Waals surface area contributed by atoms with Crippen LogP contribution in [0, 0.1) is 0 Å². The topological polar surface area (TPSA) is 93.4 Å². The average molecular weight is 262 g/mol. The molecule has 0 fully saturated rings. The van der Waals surface area contributed by atoms with Crippen molar-refractivity contribution < 1.29 is 0 Å². The molecule has 0 bridgehead atoms. The summed E-state index contributed by atoms with van der Waals surface area (Å²) in [7, 11) is 0. The number of nitrogen functional groups attached to an aromatic ring is 1. The highest BCUT2D eigenvalue weighted by Gasteiger charge is 2.11. The molecule has 6 heteroatoms. The quantitative estimate of drug-likeness (QED) is 0.548. The normalized spacial score (nSPS) is 11.2. The van der Waals surface area contributed by atoms with Crippen molar-refractivity contribution in [3.05, 3.63) is 42.9 Å². The first-order chi connectivity index (χ1) is 9.81. The second-order valence-electron chi connectivity index (χ2n) is 4.44. The van der Waals surface area contributed by atoms with Gasteiger partial charge in [0.15, 0.2) is 5.65 Å². The lowest BCUT2D eigenvalue weighted by Crippen LogP contribution is -1.97. The van der Waals surface area contributed by atoms with Crippen molar-refractivity contribution in [1.29, 1.82) is 0 Å². The first-order valence-electron chi connectivity index (χ1n) is 6.13. The lowest BCUT2D eigenvalue weighted by molar-refractivity contribution is 1.22. The number of pyridine rings is 1. The molecule has 0 saturated carbocycles. The Morgan fingerprint density at radius 3 is 2.95 bits per heavy atom. The molecule has 6 nitrogen and oxygen atoms in total. The van der Waals surface area contributed by atoms with Gasteiger partial charge in [-0.2, -0.15) is 4.98 Å². The number of nitrogens with two attached hydrogens (primary N) is 1. The van der Waals surface area contributed by atoms with Gasteiger partial charge in [-0.05, 0) is 18.2 Å². The highest BCUT2D eigenvalue weighted by Crippen LogP contribution is 2.26. The molecule has 0 amide bonds. The zero-order valence-electron chi connectivity index (χ0n) is 10.4. The van der Waals surface area contributed by atoms with E-state index in [4.69, 9.17) is 5.73 Å². The summed E-state index contributed by atoms with van der Waals surface area (Å²) in [6, 6.07) is 9.89. The van der Waals surface area contributed by atoms with Gasteiger partial charge in [0.2, 0.25) is 5.95 Å². The Labute approximate surface area is 113 Å². The molecule has 96 valence electrons. The monoisotopic (exact) mass is 262 g/mol. The summed E-state index contributed by atoms with van der Waals surface area (Å²) in [5.41, 5.74) is 9.74. The number of fused-ring (bicyclic) bond motifs is 2. The maximum Gasteiger partial charge on any atom is 0.222 e. The summed E-state index contributed by atoms with van der Waals surface area (Å²) in [6.07, 6.45) is 3.36. The molecule has 0 atom stereocenters. The van der Waals surface area contributed by atoms with Crippen molar-refractivity contribution in [2.75, 3.05) is 5.73 Å². The Balaban J connectivity index is 2.02. The zero-order valence-corrected chi connectivity index (χ0v) is 10.4. The predicted molar refractivity (Wildman–Crippen MR) is 76.8 cm³/mol. The maximum atomic E-state index is 5.75. The van der Waals surface area contributed by atoms with E-state index in [1.165, 1.54) is 0 Å². The Morgan fingerprint density at radius 2 is 2.00 bits per heavy atom. The van der Waals surface area contributed by atoms with Crippen LogP contribution < -0.4 is 5.73 Å². The van der Waals surface area contributed by atoms with Gasteiger partial charge in [0.25, 0.3) is 0 Å². The van der Waals surface area contributed by atoms with Crippen molar-refractivity contribution in [2.45, 2.75) is 0 Å². The van der Waals surface area contributed by atoms with Crippen molar-refractivity contribution in [3.8, 4) is 11.3 Å². The summed E-state index contributed by atoms with van der Waals surface area (Å²) >= 11 is 0. The van der Waals surface area contributed by atoms with Crippen LogP contribution >= 0.6 is 0 Å². The maximum absolute atomic E-state index is 5.75. The molecule has 4 aromatic rings. The number of nitrogens with zero attached hydrogens (tertiary/aromatic N) is 4. The molecular weight excluding hydrogens is 252 g/mol. The highest BCUT2D eigenvalue weighted by atomic mass is 15.1. The second-order valence-corrected chi connectivity index (χ2v) is 4.44. The fourth-order valence-electron chi connectivity index (χ4n) is 2.28. The van der Waals surface area contributed by atoms with E-state index in [1.807, 2.05) is 30.3 Å². The lowest BCUT2D eigenvalue weighted by atomic mass is 10.1. The molecule has 0 aliphatic rings. The third-order valence-electron chi connectivity index (χ3n) is 3.18. The van der Waals surface area contributed by atoms with E-state index in [9.17, 15) is 0 Å². The van der Waals surface area contributed by atoms with Crippen molar-refractivity contribution >= 4 is 28.0 Å². The fourth-order valence-corrected chi connectivity index (χ4v) is 2.28. The minimum atomic E-state index is 0.214. The molecular formula is C14H10N6. The lowest BCUT2D eigenvalue weighted by Gasteiger charge is -2.04. The third kappa shape index (κ3) is 1.58. The standard InChI is InChI=1S/C14H10N6/c15-14-19-11(12-13(20-14)18-7-17-12)9-3-4-10-8(6-9)2-1-5-16-10/h1-7H,(H3,15,17,18,19,20). The summed E-state index contributed by atoms with van der Waals surface area (Å²) < 4.78 is 0. The van der Waals surface area contributed by atoms with Crippen LogP contribution in [0.3, 0.4) is 0 Å². The second kappa shape index (κ2) is 3.99. The third-order valence-corrected chi connectivity index (χ3v) is 3.18. The van der Waals surface area contributed by atoms with Gasteiger partial charge in [-0.3, -0.25) is 4.98 Å². The largest absolute Gasteiger partial charge is 0.368 e. The molecule has 3 heterocycles. The number of H-pyrrole nitrogens is 1. The van der Waals surface area contributed by atoms with Crippen LogP contribution in [-0.4, -0.2) is 24.9 Å². The van der Waals surface area contributed by atoms with Gasteiger partial charge in [0, 0.05) is 17.1 Å². The molecule has 3 N–H and O–H groups in total. The SMILES string of the molecule is Nc1nc(-c2ccc3ncccc3c2)c2[nH]cnc2n1. The number of nitrogens with one attached hydrogen (secondary N) is 1. The van der Waals surface area contributed by atoms with Crippen LogP contribution in [0.4, 0.5) is 5.95 Å². The van der Waals surface area contributed by atoms with Gasteiger partial charge >= 0.3 is 0 Å². The van der Waals surface area contributed by atoms with Gasteiger partial charge in [-0.25, -0.2) is 9.97 Å². The van der Waals surface area contributed by atoms with Gasteiger partial charge in [0.05, 0.1) is 11.8 Å². The minimum Gasteiger partial charge on any atom is -0.368 e. The number of aromatic nitrogens is 5. The Kier molecular flexibility index (Phi) is 2.17. The number of rotatable bonds is 1.